The monoisotopic (exact) mass is 265 g/mol. The van der Waals surface area contributed by atoms with Crippen molar-refractivity contribution in [1.82, 2.24) is 4.31 Å². The normalized spacial score (nSPS) is 12.5. The number of hydrogen-bond donors (Lipinski definition) is 0. The van der Waals surface area contributed by atoms with Gasteiger partial charge in [-0.25, -0.2) is 8.42 Å². The van der Waals surface area contributed by atoms with Crippen LogP contribution in [0.5, 0.6) is 0 Å². The van der Waals surface area contributed by atoms with Crippen LogP contribution in [0.4, 0.5) is 0 Å². The summed E-state index contributed by atoms with van der Waals surface area (Å²) in [6.45, 7) is 9.12. The molecule has 17 heavy (non-hydrogen) atoms. The molecule has 0 unspecified atom stereocenters. The first-order chi connectivity index (χ1) is 7.71. The number of hydrogen-bond acceptors (Lipinski definition) is 4. The fraction of sp³-hybridized carbons (Fsp3) is 0.909. The number of rotatable bonds is 7. The smallest absolute Gasteiger partial charge is 0.321 e. The Kier molecular flexibility index (Phi) is 6.70. The van der Waals surface area contributed by atoms with Crippen molar-refractivity contribution in [3.05, 3.63) is 0 Å². The van der Waals surface area contributed by atoms with Crippen molar-refractivity contribution < 1.29 is 17.9 Å². The Morgan fingerprint density at radius 2 is 1.76 bits per heavy atom. The zero-order chi connectivity index (χ0) is 13.6. The minimum absolute atomic E-state index is 0.165. The van der Waals surface area contributed by atoms with Gasteiger partial charge in [0.2, 0.25) is 10.0 Å². The fourth-order valence-electron chi connectivity index (χ4n) is 1.31. The van der Waals surface area contributed by atoms with Crippen LogP contribution in [0.3, 0.4) is 0 Å². The van der Waals surface area contributed by atoms with Crippen molar-refractivity contribution >= 4 is 16.0 Å². The summed E-state index contributed by atoms with van der Waals surface area (Å²) in [5.41, 5.74) is 0. The predicted molar refractivity (Wildman–Crippen MR) is 67.1 cm³/mol. The van der Waals surface area contributed by atoms with E-state index in [2.05, 4.69) is 0 Å². The van der Waals surface area contributed by atoms with Gasteiger partial charge >= 0.3 is 5.97 Å². The Bertz CT molecular complexity index is 335. The van der Waals surface area contributed by atoms with E-state index in [0.717, 1.165) is 0 Å². The van der Waals surface area contributed by atoms with Crippen LogP contribution < -0.4 is 0 Å². The summed E-state index contributed by atoms with van der Waals surface area (Å²) in [5, 5.41) is -0.532. The van der Waals surface area contributed by atoms with Crippen LogP contribution in [0.2, 0.25) is 0 Å². The van der Waals surface area contributed by atoms with Gasteiger partial charge in [-0.1, -0.05) is 13.8 Å². The van der Waals surface area contributed by atoms with E-state index in [1.54, 1.807) is 20.8 Å². The number of carbonyl (C=O) groups excluding carboxylic acids is 1. The highest BCUT2D eigenvalue weighted by Crippen LogP contribution is 2.11. The highest BCUT2D eigenvalue weighted by atomic mass is 32.2. The Morgan fingerprint density at radius 3 is 2.12 bits per heavy atom. The second-order valence-corrected chi connectivity index (χ2v) is 7.07. The first-order valence-electron chi connectivity index (χ1n) is 5.86. The molecule has 0 aromatic rings. The van der Waals surface area contributed by atoms with Crippen LogP contribution in [0, 0.1) is 5.92 Å². The first-order valence-corrected chi connectivity index (χ1v) is 7.36. The largest absolute Gasteiger partial charge is 0.465 e. The van der Waals surface area contributed by atoms with E-state index >= 15 is 0 Å². The average Bonchev–Trinajstić information content (AvgIpc) is 2.15. The molecule has 0 aliphatic heterocycles. The van der Waals surface area contributed by atoms with E-state index in [1.807, 2.05) is 13.8 Å². The maximum Gasteiger partial charge on any atom is 0.321 e. The van der Waals surface area contributed by atoms with Gasteiger partial charge in [-0.15, -0.1) is 0 Å². The molecule has 0 rings (SSSR count). The molecule has 0 saturated heterocycles. The van der Waals surface area contributed by atoms with Crippen molar-refractivity contribution in [3.63, 3.8) is 0 Å². The molecule has 6 heteroatoms. The molecule has 0 radical (unpaired) electrons. The summed E-state index contributed by atoms with van der Waals surface area (Å²) < 4.78 is 30.0. The lowest BCUT2D eigenvalue weighted by molar-refractivity contribution is -0.143. The van der Waals surface area contributed by atoms with Gasteiger partial charge in [-0.05, 0) is 26.7 Å². The molecule has 0 amide bonds. The summed E-state index contributed by atoms with van der Waals surface area (Å²) in [7, 11) is -3.41. The van der Waals surface area contributed by atoms with E-state index in [9.17, 15) is 13.2 Å². The van der Waals surface area contributed by atoms with Crippen LogP contribution in [-0.4, -0.2) is 43.6 Å². The molecule has 0 atom stereocenters. The first kappa shape index (κ1) is 16.4. The van der Waals surface area contributed by atoms with Crippen LogP contribution in [0.1, 0.15) is 34.6 Å². The minimum atomic E-state index is -3.41. The highest BCUT2D eigenvalue weighted by Gasteiger charge is 2.28. The maximum atomic E-state index is 12.0. The third-order valence-electron chi connectivity index (χ3n) is 2.14. The van der Waals surface area contributed by atoms with Crippen molar-refractivity contribution in [2.24, 2.45) is 5.92 Å². The van der Waals surface area contributed by atoms with Gasteiger partial charge in [0.05, 0.1) is 11.9 Å². The summed E-state index contributed by atoms with van der Waals surface area (Å²) in [5.74, 6) is -0.338. The molecular formula is C11H23NO4S. The molecule has 0 bridgehead atoms. The lowest BCUT2D eigenvalue weighted by Crippen LogP contribution is -2.42. The molecule has 0 heterocycles. The number of sulfonamides is 1. The second kappa shape index (κ2) is 6.96. The number of carbonyl (C=O) groups is 1. The molecule has 0 saturated carbocycles. The van der Waals surface area contributed by atoms with Gasteiger partial charge in [-0.3, -0.25) is 4.79 Å². The van der Waals surface area contributed by atoms with Gasteiger partial charge in [0.1, 0.15) is 6.54 Å². The van der Waals surface area contributed by atoms with Crippen molar-refractivity contribution in [3.8, 4) is 0 Å². The highest BCUT2D eigenvalue weighted by molar-refractivity contribution is 7.89. The topological polar surface area (TPSA) is 63.7 Å². The summed E-state index contributed by atoms with van der Waals surface area (Å²) in [6, 6.07) is 0. The SMILES string of the molecule is CCOC(=O)CN(CC(C)C)S(=O)(=O)C(C)C. The summed E-state index contributed by atoms with van der Waals surface area (Å²) in [4.78, 5) is 11.4. The van der Waals surface area contributed by atoms with E-state index in [0.29, 0.717) is 6.54 Å². The zero-order valence-electron chi connectivity index (χ0n) is 11.3. The number of esters is 1. The number of nitrogens with zero attached hydrogens (tertiary/aromatic N) is 1. The van der Waals surface area contributed by atoms with E-state index < -0.39 is 21.2 Å². The van der Waals surface area contributed by atoms with E-state index in [-0.39, 0.29) is 19.1 Å². The zero-order valence-corrected chi connectivity index (χ0v) is 12.1. The van der Waals surface area contributed by atoms with Crippen LogP contribution in [-0.2, 0) is 19.6 Å². The Morgan fingerprint density at radius 1 is 1.24 bits per heavy atom. The molecule has 0 fully saturated rings. The van der Waals surface area contributed by atoms with Crippen molar-refractivity contribution in [2.45, 2.75) is 39.9 Å². The fourth-order valence-corrected chi connectivity index (χ4v) is 2.70. The molecular weight excluding hydrogens is 242 g/mol. The van der Waals surface area contributed by atoms with Gasteiger partial charge in [0.25, 0.3) is 0 Å². The van der Waals surface area contributed by atoms with Crippen molar-refractivity contribution in [2.75, 3.05) is 19.7 Å². The molecule has 0 spiro atoms. The average molecular weight is 265 g/mol. The Labute approximate surface area is 104 Å². The number of ether oxygens (including phenoxy) is 1. The van der Waals surface area contributed by atoms with Crippen LogP contribution in [0.15, 0.2) is 0 Å². The molecule has 0 aromatic heterocycles. The molecule has 0 N–H and O–H groups in total. The molecule has 0 aliphatic carbocycles. The third-order valence-corrected chi connectivity index (χ3v) is 4.32. The molecule has 102 valence electrons. The molecule has 0 aliphatic rings. The van der Waals surface area contributed by atoms with Gasteiger partial charge < -0.3 is 4.74 Å². The Balaban J connectivity index is 4.83. The second-order valence-electron chi connectivity index (χ2n) is 4.59. The van der Waals surface area contributed by atoms with Gasteiger partial charge in [-0.2, -0.15) is 4.31 Å². The summed E-state index contributed by atoms with van der Waals surface area (Å²) >= 11 is 0. The molecule has 0 aromatic carbocycles. The maximum absolute atomic E-state index is 12.0. The third kappa shape index (κ3) is 5.50. The standard InChI is InChI=1S/C11H23NO4S/c1-6-16-11(13)8-12(7-9(2)3)17(14,15)10(4)5/h9-10H,6-8H2,1-5H3. The predicted octanol–water partition coefficient (Wildman–Crippen LogP) is 1.25. The molecule has 5 nitrogen and oxygen atoms in total. The lowest BCUT2D eigenvalue weighted by Gasteiger charge is -2.24. The van der Waals surface area contributed by atoms with Gasteiger partial charge in [0.15, 0.2) is 0 Å². The van der Waals surface area contributed by atoms with Gasteiger partial charge in [0, 0.05) is 6.54 Å². The Hall–Kier alpha value is -0.620. The quantitative estimate of drug-likeness (QED) is 0.650. The van der Waals surface area contributed by atoms with Crippen molar-refractivity contribution in [1.29, 1.82) is 0 Å². The van der Waals surface area contributed by atoms with Crippen LogP contribution in [0.25, 0.3) is 0 Å². The summed E-state index contributed by atoms with van der Waals surface area (Å²) in [6.07, 6.45) is 0. The minimum Gasteiger partial charge on any atom is -0.465 e. The van der Waals surface area contributed by atoms with Crippen LogP contribution >= 0.6 is 0 Å². The lowest BCUT2D eigenvalue weighted by atomic mass is 10.2. The van der Waals surface area contributed by atoms with E-state index in [1.165, 1.54) is 4.31 Å². The van der Waals surface area contributed by atoms with E-state index in [4.69, 9.17) is 4.74 Å².